The number of pyridine rings is 1. The molecule has 2 aromatic heterocycles. The van der Waals surface area contributed by atoms with Crippen LogP contribution in [-0.4, -0.2) is 50.2 Å². The predicted molar refractivity (Wildman–Crippen MR) is 97.4 cm³/mol. The average molecular weight is 352 g/mol. The van der Waals surface area contributed by atoms with Crippen LogP contribution in [0, 0.1) is 6.92 Å². The number of carbonyl (C=O) groups is 2. The number of likely N-dealkylation sites (tertiary alicyclic amines) is 2. The van der Waals surface area contributed by atoms with E-state index < -0.39 is 5.54 Å². The summed E-state index contributed by atoms with van der Waals surface area (Å²) in [6.07, 6.45) is 6.81. The molecule has 2 saturated heterocycles. The van der Waals surface area contributed by atoms with E-state index in [4.69, 9.17) is 0 Å². The molecule has 2 fully saturated rings. The number of nitrogens with zero attached hydrogens (tertiary/aromatic N) is 3. The fourth-order valence-electron chi connectivity index (χ4n) is 4.39. The second kappa shape index (κ2) is 6.59. The van der Waals surface area contributed by atoms with Crippen LogP contribution in [0.25, 0.3) is 0 Å². The van der Waals surface area contributed by atoms with Gasteiger partial charge in [-0.15, -0.1) is 0 Å². The van der Waals surface area contributed by atoms with Gasteiger partial charge in [-0.3, -0.25) is 14.6 Å². The van der Waals surface area contributed by atoms with E-state index in [0.29, 0.717) is 18.7 Å². The van der Waals surface area contributed by atoms with Gasteiger partial charge in [-0.2, -0.15) is 0 Å². The van der Waals surface area contributed by atoms with E-state index in [-0.39, 0.29) is 11.8 Å². The number of aromatic amines is 1. The lowest BCUT2D eigenvalue weighted by atomic mass is 9.85. The van der Waals surface area contributed by atoms with Crippen LogP contribution in [0.2, 0.25) is 0 Å². The first-order chi connectivity index (χ1) is 12.6. The SMILES string of the molecule is Cc1[nH]ccc1C(=O)N1CCCC12CCCN(Cc1ccccn1)C2=O. The van der Waals surface area contributed by atoms with E-state index in [1.54, 1.807) is 12.4 Å². The van der Waals surface area contributed by atoms with Crippen molar-refractivity contribution in [1.29, 1.82) is 0 Å². The van der Waals surface area contributed by atoms with Crippen LogP contribution < -0.4 is 0 Å². The average Bonchev–Trinajstić information content (AvgIpc) is 3.26. The van der Waals surface area contributed by atoms with Crippen molar-refractivity contribution in [2.24, 2.45) is 0 Å². The van der Waals surface area contributed by atoms with Gasteiger partial charge in [0.05, 0.1) is 17.8 Å². The van der Waals surface area contributed by atoms with E-state index in [9.17, 15) is 9.59 Å². The zero-order chi connectivity index (χ0) is 18.1. The minimum atomic E-state index is -0.687. The zero-order valence-electron chi connectivity index (χ0n) is 15.1. The van der Waals surface area contributed by atoms with Crippen molar-refractivity contribution in [1.82, 2.24) is 19.8 Å². The van der Waals surface area contributed by atoms with Crippen molar-refractivity contribution in [2.45, 2.75) is 44.7 Å². The summed E-state index contributed by atoms with van der Waals surface area (Å²) in [5.41, 5.74) is 1.72. The molecule has 2 amide bonds. The molecule has 4 rings (SSSR count). The molecule has 0 radical (unpaired) electrons. The first-order valence-electron chi connectivity index (χ1n) is 9.27. The number of nitrogens with one attached hydrogen (secondary N) is 1. The fourth-order valence-corrected chi connectivity index (χ4v) is 4.39. The number of aromatic nitrogens is 2. The van der Waals surface area contributed by atoms with Gasteiger partial charge in [0, 0.05) is 31.2 Å². The first-order valence-corrected chi connectivity index (χ1v) is 9.27. The van der Waals surface area contributed by atoms with Crippen LogP contribution in [0.1, 0.15) is 47.4 Å². The number of piperidine rings is 1. The second-order valence-electron chi connectivity index (χ2n) is 7.26. The highest BCUT2D eigenvalue weighted by atomic mass is 16.2. The van der Waals surface area contributed by atoms with Crippen LogP contribution in [-0.2, 0) is 11.3 Å². The summed E-state index contributed by atoms with van der Waals surface area (Å²) < 4.78 is 0. The Balaban J connectivity index is 1.60. The van der Waals surface area contributed by atoms with Crippen LogP contribution in [0.4, 0.5) is 0 Å². The maximum absolute atomic E-state index is 13.4. The number of rotatable bonds is 3. The van der Waals surface area contributed by atoms with Gasteiger partial charge < -0.3 is 14.8 Å². The lowest BCUT2D eigenvalue weighted by Crippen LogP contribution is -2.61. The Labute approximate surface area is 153 Å². The van der Waals surface area contributed by atoms with Crippen molar-refractivity contribution < 1.29 is 9.59 Å². The third-order valence-corrected chi connectivity index (χ3v) is 5.70. The summed E-state index contributed by atoms with van der Waals surface area (Å²) >= 11 is 0. The Morgan fingerprint density at radius 2 is 2.04 bits per heavy atom. The molecule has 6 heteroatoms. The molecule has 1 unspecified atom stereocenters. The summed E-state index contributed by atoms with van der Waals surface area (Å²) in [5, 5.41) is 0. The molecule has 2 aliphatic heterocycles. The highest BCUT2D eigenvalue weighted by Gasteiger charge is 2.52. The van der Waals surface area contributed by atoms with Crippen molar-refractivity contribution >= 4 is 11.8 Å². The Bertz CT molecular complexity index is 816. The van der Waals surface area contributed by atoms with Gasteiger partial charge >= 0.3 is 0 Å². The van der Waals surface area contributed by atoms with Gasteiger partial charge in [-0.25, -0.2) is 0 Å². The van der Waals surface area contributed by atoms with Gasteiger partial charge in [-0.1, -0.05) is 6.07 Å². The van der Waals surface area contributed by atoms with Gasteiger partial charge in [0.2, 0.25) is 5.91 Å². The molecule has 0 aromatic carbocycles. The molecule has 0 aliphatic carbocycles. The van der Waals surface area contributed by atoms with E-state index >= 15 is 0 Å². The molecule has 2 aliphatic rings. The van der Waals surface area contributed by atoms with Gasteiger partial charge in [0.15, 0.2) is 0 Å². The third kappa shape index (κ3) is 2.69. The molecule has 4 heterocycles. The molecular formula is C20H24N4O2. The Morgan fingerprint density at radius 1 is 1.23 bits per heavy atom. The van der Waals surface area contributed by atoms with Crippen LogP contribution in [0.15, 0.2) is 36.7 Å². The normalized spacial score (nSPS) is 23.0. The number of aryl methyl sites for hydroxylation is 1. The maximum Gasteiger partial charge on any atom is 0.256 e. The van der Waals surface area contributed by atoms with E-state index in [2.05, 4.69) is 9.97 Å². The number of H-pyrrole nitrogens is 1. The number of hydrogen-bond acceptors (Lipinski definition) is 3. The van der Waals surface area contributed by atoms with Gasteiger partial charge in [-0.05, 0) is 50.8 Å². The zero-order valence-corrected chi connectivity index (χ0v) is 15.1. The standard InChI is InChI=1S/C20H24N4O2/c1-15-17(7-11-21-15)18(25)24-13-5-9-20(24)8-4-12-23(19(20)26)14-16-6-2-3-10-22-16/h2-3,6-7,10-11,21H,4-5,8-9,12-14H2,1H3. The highest BCUT2D eigenvalue weighted by molar-refractivity contribution is 6.00. The summed E-state index contributed by atoms with van der Waals surface area (Å²) in [7, 11) is 0. The molecular weight excluding hydrogens is 328 g/mol. The number of hydrogen-bond donors (Lipinski definition) is 1. The van der Waals surface area contributed by atoms with E-state index in [1.165, 1.54) is 0 Å². The lowest BCUT2D eigenvalue weighted by Gasteiger charge is -2.44. The fraction of sp³-hybridized carbons (Fsp3) is 0.450. The first kappa shape index (κ1) is 16.8. The molecule has 1 spiro atoms. The van der Waals surface area contributed by atoms with Gasteiger partial charge in [0.1, 0.15) is 5.54 Å². The van der Waals surface area contributed by atoms with E-state index in [0.717, 1.165) is 43.6 Å². The van der Waals surface area contributed by atoms with Crippen LogP contribution >= 0.6 is 0 Å². The van der Waals surface area contributed by atoms with Crippen molar-refractivity contribution in [3.63, 3.8) is 0 Å². The maximum atomic E-state index is 13.4. The van der Waals surface area contributed by atoms with E-state index in [1.807, 2.05) is 41.0 Å². The molecule has 0 saturated carbocycles. The van der Waals surface area contributed by atoms with Crippen molar-refractivity contribution in [3.8, 4) is 0 Å². The minimum Gasteiger partial charge on any atom is -0.365 e. The molecule has 0 bridgehead atoms. The van der Waals surface area contributed by atoms with Crippen molar-refractivity contribution in [3.05, 3.63) is 53.6 Å². The summed E-state index contributed by atoms with van der Waals surface area (Å²) in [5.74, 6) is 0.0442. The molecule has 1 atom stereocenters. The number of carbonyl (C=O) groups excluding carboxylic acids is 2. The minimum absolute atomic E-state index is 0.0331. The molecule has 6 nitrogen and oxygen atoms in total. The lowest BCUT2D eigenvalue weighted by molar-refractivity contribution is -0.146. The summed E-state index contributed by atoms with van der Waals surface area (Å²) in [6.45, 7) is 3.77. The summed E-state index contributed by atoms with van der Waals surface area (Å²) in [4.78, 5) is 37.7. The van der Waals surface area contributed by atoms with Crippen LogP contribution in [0.3, 0.4) is 0 Å². The molecule has 1 N–H and O–H groups in total. The molecule has 26 heavy (non-hydrogen) atoms. The highest BCUT2D eigenvalue weighted by Crippen LogP contribution is 2.39. The second-order valence-corrected chi connectivity index (χ2v) is 7.26. The number of amides is 2. The van der Waals surface area contributed by atoms with Crippen LogP contribution in [0.5, 0.6) is 0 Å². The van der Waals surface area contributed by atoms with Crippen molar-refractivity contribution in [2.75, 3.05) is 13.1 Å². The largest absolute Gasteiger partial charge is 0.365 e. The quantitative estimate of drug-likeness (QED) is 0.923. The Morgan fingerprint density at radius 3 is 2.73 bits per heavy atom. The monoisotopic (exact) mass is 352 g/mol. The smallest absolute Gasteiger partial charge is 0.256 e. The van der Waals surface area contributed by atoms with Gasteiger partial charge in [0.25, 0.3) is 5.91 Å². The topological polar surface area (TPSA) is 69.3 Å². The molecule has 136 valence electrons. The predicted octanol–water partition coefficient (Wildman–Crippen LogP) is 2.52. The Hall–Kier alpha value is -2.63. The summed E-state index contributed by atoms with van der Waals surface area (Å²) in [6, 6.07) is 7.56. The third-order valence-electron chi connectivity index (χ3n) is 5.70. The Kier molecular flexibility index (Phi) is 4.26. The molecule has 2 aromatic rings.